The van der Waals surface area contributed by atoms with Gasteiger partial charge in [0.15, 0.2) is 0 Å². The predicted octanol–water partition coefficient (Wildman–Crippen LogP) is 0.433. The van der Waals surface area contributed by atoms with Crippen molar-refractivity contribution in [1.29, 1.82) is 0 Å². The molecule has 2 aromatic rings. The fraction of sp³-hybridized carbons (Fsp3) is 0.500. The van der Waals surface area contributed by atoms with Gasteiger partial charge in [0.1, 0.15) is 6.54 Å². The molecular weight excluding hydrogens is 278 g/mol. The van der Waals surface area contributed by atoms with Crippen molar-refractivity contribution in [1.82, 2.24) is 25.5 Å². The van der Waals surface area contributed by atoms with E-state index >= 15 is 0 Å². The molecule has 1 aliphatic carbocycles. The smallest absolute Gasteiger partial charge is 0.244 e. The normalized spacial score (nSPS) is 16.6. The SMILES string of the molecule is O=C(Cn1nnc(-c2ccsc2)n1)NC1(CO)CCC1. The van der Waals surface area contributed by atoms with Crippen LogP contribution in [0.15, 0.2) is 16.8 Å². The van der Waals surface area contributed by atoms with Crippen molar-refractivity contribution in [3.05, 3.63) is 16.8 Å². The number of aliphatic hydroxyl groups excluding tert-OH is 1. The zero-order chi connectivity index (χ0) is 14.0. The van der Waals surface area contributed by atoms with E-state index in [-0.39, 0.29) is 19.1 Å². The van der Waals surface area contributed by atoms with Gasteiger partial charge in [-0.15, -0.1) is 10.2 Å². The van der Waals surface area contributed by atoms with Gasteiger partial charge >= 0.3 is 0 Å². The van der Waals surface area contributed by atoms with Crippen molar-refractivity contribution in [3.63, 3.8) is 0 Å². The highest BCUT2D eigenvalue weighted by Crippen LogP contribution is 2.31. The summed E-state index contributed by atoms with van der Waals surface area (Å²) in [6.45, 7) is -0.0113. The van der Waals surface area contributed by atoms with Gasteiger partial charge in [-0.1, -0.05) is 0 Å². The molecule has 0 aromatic carbocycles. The van der Waals surface area contributed by atoms with E-state index in [1.54, 1.807) is 11.3 Å². The summed E-state index contributed by atoms with van der Waals surface area (Å²) >= 11 is 1.55. The first-order valence-electron chi connectivity index (χ1n) is 6.43. The number of hydrogen-bond acceptors (Lipinski definition) is 6. The summed E-state index contributed by atoms with van der Waals surface area (Å²) in [6, 6.07) is 1.90. The zero-order valence-electron chi connectivity index (χ0n) is 10.8. The number of rotatable bonds is 5. The van der Waals surface area contributed by atoms with Gasteiger partial charge in [0.25, 0.3) is 0 Å². The predicted molar refractivity (Wildman–Crippen MR) is 72.9 cm³/mol. The van der Waals surface area contributed by atoms with Crippen LogP contribution in [0, 0.1) is 0 Å². The number of thiophene rings is 1. The summed E-state index contributed by atoms with van der Waals surface area (Å²) < 4.78 is 0. The number of hydrogen-bond donors (Lipinski definition) is 2. The Morgan fingerprint density at radius 1 is 1.55 bits per heavy atom. The quantitative estimate of drug-likeness (QED) is 0.834. The lowest BCUT2D eigenvalue weighted by atomic mass is 9.77. The van der Waals surface area contributed by atoms with Crippen molar-refractivity contribution in [2.24, 2.45) is 0 Å². The van der Waals surface area contributed by atoms with Crippen molar-refractivity contribution in [2.45, 2.75) is 31.3 Å². The standard InChI is InChI=1S/C12H15N5O2S/c18-8-12(3-1-4-12)13-10(19)6-17-15-11(14-16-17)9-2-5-20-7-9/h2,5,7,18H,1,3-4,6,8H2,(H,13,19). The van der Waals surface area contributed by atoms with Crippen LogP contribution in [-0.4, -0.2) is 43.4 Å². The molecule has 0 atom stereocenters. The lowest BCUT2D eigenvalue weighted by molar-refractivity contribution is -0.126. The Morgan fingerprint density at radius 2 is 2.40 bits per heavy atom. The Morgan fingerprint density at radius 3 is 3.00 bits per heavy atom. The van der Waals surface area contributed by atoms with E-state index in [1.165, 1.54) is 4.80 Å². The van der Waals surface area contributed by atoms with Gasteiger partial charge in [-0.3, -0.25) is 4.79 Å². The van der Waals surface area contributed by atoms with E-state index in [0.717, 1.165) is 24.8 Å². The molecule has 0 aliphatic heterocycles. The van der Waals surface area contributed by atoms with Crippen molar-refractivity contribution in [2.75, 3.05) is 6.61 Å². The summed E-state index contributed by atoms with van der Waals surface area (Å²) in [5.41, 5.74) is 0.459. The van der Waals surface area contributed by atoms with Crippen LogP contribution in [0.4, 0.5) is 0 Å². The molecule has 0 radical (unpaired) electrons. The van der Waals surface area contributed by atoms with Crippen LogP contribution in [0.25, 0.3) is 11.4 Å². The van der Waals surface area contributed by atoms with Gasteiger partial charge in [-0.05, 0) is 35.9 Å². The lowest BCUT2D eigenvalue weighted by Gasteiger charge is -2.40. The van der Waals surface area contributed by atoms with E-state index in [0.29, 0.717) is 5.82 Å². The highest BCUT2D eigenvalue weighted by molar-refractivity contribution is 7.08. The summed E-state index contributed by atoms with van der Waals surface area (Å²) in [5.74, 6) is 0.313. The molecule has 1 amide bonds. The molecule has 0 unspecified atom stereocenters. The molecule has 2 heterocycles. The van der Waals surface area contributed by atoms with Gasteiger partial charge < -0.3 is 10.4 Å². The number of aliphatic hydroxyl groups is 1. The van der Waals surface area contributed by atoms with Crippen molar-refractivity contribution in [3.8, 4) is 11.4 Å². The van der Waals surface area contributed by atoms with Crippen LogP contribution in [0.2, 0.25) is 0 Å². The van der Waals surface area contributed by atoms with E-state index in [2.05, 4.69) is 20.7 Å². The second-order valence-corrected chi connectivity index (χ2v) is 5.78. The second kappa shape index (κ2) is 5.29. The second-order valence-electron chi connectivity index (χ2n) is 5.00. The summed E-state index contributed by atoms with van der Waals surface area (Å²) in [7, 11) is 0. The van der Waals surface area contributed by atoms with Crippen molar-refractivity contribution >= 4 is 17.2 Å². The Labute approximate surface area is 119 Å². The third kappa shape index (κ3) is 2.56. The summed E-state index contributed by atoms with van der Waals surface area (Å²) in [5, 5.41) is 28.0. The monoisotopic (exact) mass is 293 g/mol. The largest absolute Gasteiger partial charge is 0.394 e. The molecule has 1 fully saturated rings. The van der Waals surface area contributed by atoms with E-state index < -0.39 is 5.54 Å². The number of carbonyl (C=O) groups excluding carboxylic acids is 1. The molecular formula is C12H15N5O2S. The van der Waals surface area contributed by atoms with Gasteiger partial charge in [0.2, 0.25) is 11.7 Å². The maximum Gasteiger partial charge on any atom is 0.244 e. The van der Waals surface area contributed by atoms with Gasteiger partial charge in [0.05, 0.1) is 12.1 Å². The average Bonchev–Trinajstić information content (AvgIpc) is 3.03. The van der Waals surface area contributed by atoms with Crippen LogP contribution < -0.4 is 5.32 Å². The third-order valence-corrected chi connectivity index (χ3v) is 4.22. The molecule has 20 heavy (non-hydrogen) atoms. The Bertz CT molecular complexity index is 585. The first-order chi connectivity index (χ1) is 9.71. The number of carbonyl (C=O) groups is 1. The zero-order valence-corrected chi connectivity index (χ0v) is 11.6. The Balaban J connectivity index is 1.62. The first kappa shape index (κ1) is 13.2. The minimum Gasteiger partial charge on any atom is -0.394 e. The van der Waals surface area contributed by atoms with Crippen molar-refractivity contribution < 1.29 is 9.90 Å². The average molecular weight is 293 g/mol. The molecule has 7 nitrogen and oxygen atoms in total. The molecule has 1 saturated carbocycles. The van der Waals surface area contributed by atoms with E-state index in [4.69, 9.17) is 0 Å². The summed E-state index contributed by atoms with van der Waals surface area (Å²) in [6.07, 6.45) is 2.67. The molecule has 2 N–H and O–H groups in total. The molecule has 0 saturated heterocycles. The minimum atomic E-state index is -0.437. The fourth-order valence-corrected chi connectivity index (χ4v) is 2.84. The fourth-order valence-electron chi connectivity index (χ4n) is 2.21. The topological polar surface area (TPSA) is 92.9 Å². The van der Waals surface area contributed by atoms with Crippen LogP contribution in [-0.2, 0) is 11.3 Å². The molecule has 0 bridgehead atoms. The third-order valence-electron chi connectivity index (χ3n) is 3.54. The Kier molecular flexibility index (Phi) is 3.49. The van der Waals surface area contributed by atoms with Gasteiger partial charge in [-0.25, -0.2) is 0 Å². The maximum absolute atomic E-state index is 11.9. The number of nitrogens with zero attached hydrogens (tertiary/aromatic N) is 4. The summed E-state index contributed by atoms with van der Waals surface area (Å²) in [4.78, 5) is 13.2. The minimum absolute atomic E-state index is 0.0128. The maximum atomic E-state index is 11.9. The number of amides is 1. The van der Waals surface area contributed by atoms with Gasteiger partial charge in [-0.2, -0.15) is 16.1 Å². The number of aromatic nitrogens is 4. The van der Waals surface area contributed by atoms with Crippen LogP contribution in [0.1, 0.15) is 19.3 Å². The van der Waals surface area contributed by atoms with Gasteiger partial charge in [0, 0.05) is 10.9 Å². The number of tetrazole rings is 1. The molecule has 2 aromatic heterocycles. The van der Waals surface area contributed by atoms with Crippen LogP contribution >= 0.6 is 11.3 Å². The van der Waals surface area contributed by atoms with E-state index in [9.17, 15) is 9.90 Å². The molecule has 1 aliphatic rings. The van der Waals surface area contributed by atoms with Crippen LogP contribution in [0.3, 0.4) is 0 Å². The first-order valence-corrected chi connectivity index (χ1v) is 7.37. The van der Waals surface area contributed by atoms with Crippen LogP contribution in [0.5, 0.6) is 0 Å². The highest BCUT2D eigenvalue weighted by Gasteiger charge is 2.37. The molecule has 3 rings (SSSR count). The molecule has 0 spiro atoms. The molecule has 106 valence electrons. The number of nitrogens with one attached hydrogen (secondary N) is 1. The molecule has 8 heteroatoms. The highest BCUT2D eigenvalue weighted by atomic mass is 32.1. The lowest BCUT2D eigenvalue weighted by Crippen LogP contribution is -2.56. The Hall–Kier alpha value is -1.80. The van der Waals surface area contributed by atoms with E-state index in [1.807, 2.05) is 16.8 Å².